The molecule has 0 heterocycles. The molecule has 0 amide bonds. The highest BCUT2D eigenvalue weighted by atomic mass is 14.9. The monoisotopic (exact) mass is 247 g/mol. The van der Waals surface area contributed by atoms with Gasteiger partial charge >= 0.3 is 0 Å². The van der Waals surface area contributed by atoms with Gasteiger partial charge in [0.25, 0.3) is 0 Å². The standard InChI is InChI=1S/C17H29N/c1-5-7-9-14-16(18-6-2)17(3,4)15-12-10-8-11-13-15/h8,10-13,16,18H,5-7,9,14H2,1-4H3. The summed E-state index contributed by atoms with van der Waals surface area (Å²) in [6, 6.07) is 11.5. The molecule has 18 heavy (non-hydrogen) atoms. The largest absolute Gasteiger partial charge is 0.313 e. The Kier molecular flexibility index (Phi) is 6.42. The molecule has 0 aromatic heterocycles. The summed E-state index contributed by atoms with van der Waals surface area (Å²) in [5.74, 6) is 0. The summed E-state index contributed by atoms with van der Waals surface area (Å²) in [5.41, 5.74) is 1.64. The Hall–Kier alpha value is -0.820. The minimum Gasteiger partial charge on any atom is -0.313 e. The molecule has 0 aliphatic rings. The fourth-order valence-corrected chi connectivity index (χ4v) is 2.63. The highest BCUT2D eigenvalue weighted by Gasteiger charge is 2.29. The van der Waals surface area contributed by atoms with Crippen molar-refractivity contribution in [1.29, 1.82) is 0 Å². The van der Waals surface area contributed by atoms with Crippen molar-refractivity contribution >= 4 is 0 Å². The maximum absolute atomic E-state index is 3.68. The van der Waals surface area contributed by atoms with E-state index < -0.39 is 0 Å². The summed E-state index contributed by atoms with van der Waals surface area (Å²) in [6.45, 7) is 10.2. The van der Waals surface area contributed by atoms with Crippen LogP contribution in [0.2, 0.25) is 0 Å². The van der Waals surface area contributed by atoms with Crippen molar-refractivity contribution in [2.24, 2.45) is 0 Å². The third-order valence-corrected chi connectivity index (χ3v) is 3.94. The highest BCUT2D eigenvalue weighted by Crippen LogP contribution is 2.29. The van der Waals surface area contributed by atoms with Crippen molar-refractivity contribution in [2.45, 2.75) is 64.8 Å². The van der Waals surface area contributed by atoms with Gasteiger partial charge in [-0.1, -0.05) is 77.3 Å². The van der Waals surface area contributed by atoms with Crippen LogP contribution in [0, 0.1) is 0 Å². The van der Waals surface area contributed by atoms with Gasteiger partial charge in [-0.15, -0.1) is 0 Å². The van der Waals surface area contributed by atoms with E-state index in [-0.39, 0.29) is 5.41 Å². The molecular formula is C17H29N. The first-order chi connectivity index (χ1) is 8.62. The molecular weight excluding hydrogens is 218 g/mol. The third kappa shape index (κ3) is 4.13. The van der Waals surface area contributed by atoms with Gasteiger partial charge in [-0.05, 0) is 18.5 Å². The number of benzene rings is 1. The molecule has 0 aliphatic heterocycles. The van der Waals surface area contributed by atoms with E-state index in [1.807, 2.05) is 0 Å². The maximum Gasteiger partial charge on any atom is 0.0159 e. The molecule has 1 atom stereocenters. The summed E-state index contributed by atoms with van der Waals surface area (Å²) >= 11 is 0. The Morgan fingerprint density at radius 1 is 1.06 bits per heavy atom. The molecule has 1 N–H and O–H groups in total. The molecule has 0 spiro atoms. The highest BCUT2D eigenvalue weighted by molar-refractivity contribution is 5.25. The first kappa shape index (κ1) is 15.2. The fraction of sp³-hybridized carbons (Fsp3) is 0.647. The first-order valence-corrected chi connectivity index (χ1v) is 7.41. The second kappa shape index (κ2) is 7.58. The molecule has 1 rings (SSSR count). The molecule has 102 valence electrons. The van der Waals surface area contributed by atoms with E-state index >= 15 is 0 Å². The number of nitrogens with one attached hydrogen (secondary N) is 1. The van der Waals surface area contributed by atoms with Crippen molar-refractivity contribution in [3.8, 4) is 0 Å². The summed E-state index contributed by atoms with van der Waals surface area (Å²) in [5, 5.41) is 3.68. The van der Waals surface area contributed by atoms with E-state index in [9.17, 15) is 0 Å². The topological polar surface area (TPSA) is 12.0 Å². The zero-order chi connectivity index (χ0) is 13.4. The molecule has 0 fully saturated rings. The lowest BCUT2D eigenvalue weighted by molar-refractivity contribution is 0.319. The number of hydrogen-bond donors (Lipinski definition) is 1. The van der Waals surface area contributed by atoms with E-state index in [0.29, 0.717) is 6.04 Å². The quantitative estimate of drug-likeness (QED) is 0.666. The lowest BCUT2D eigenvalue weighted by atomic mass is 9.75. The van der Waals surface area contributed by atoms with Crippen LogP contribution in [0.15, 0.2) is 30.3 Å². The number of unbranched alkanes of at least 4 members (excludes halogenated alkanes) is 2. The summed E-state index contributed by atoms with van der Waals surface area (Å²) in [4.78, 5) is 0. The Bertz CT molecular complexity index is 316. The lowest BCUT2D eigenvalue weighted by Crippen LogP contribution is -2.44. The van der Waals surface area contributed by atoms with Crippen molar-refractivity contribution in [3.63, 3.8) is 0 Å². The van der Waals surface area contributed by atoms with Crippen molar-refractivity contribution in [2.75, 3.05) is 6.54 Å². The Labute approximate surface area is 113 Å². The third-order valence-electron chi connectivity index (χ3n) is 3.94. The van der Waals surface area contributed by atoms with Crippen LogP contribution in [-0.2, 0) is 5.41 Å². The van der Waals surface area contributed by atoms with Crippen LogP contribution in [0.4, 0.5) is 0 Å². The molecule has 1 heteroatoms. The van der Waals surface area contributed by atoms with Crippen LogP contribution in [0.25, 0.3) is 0 Å². The van der Waals surface area contributed by atoms with E-state index in [1.165, 1.54) is 31.2 Å². The fourth-order valence-electron chi connectivity index (χ4n) is 2.63. The predicted octanol–water partition coefficient (Wildman–Crippen LogP) is 4.52. The van der Waals surface area contributed by atoms with Crippen LogP contribution < -0.4 is 5.32 Å². The normalized spacial score (nSPS) is 13.6. The predicted molar refractivity (Wildman–Crippen MR) is 81.1 cm³/mol. The summed E-state index contributed by atoms with van der Waals surface area (Å²) in [6.07, 6.45) is 5.23. The lowest BCUT2D eigenvalue weighted by Gasteiger charge is -2.36. The van der Waals surface area contributed by atoms with Gasteiger partial charge in [0.1, 0.15) is 0 Å². The molecule has 0 aliphatic carbocycles. The van der Waals surface area contributed by atoms with E-state index in [4.69, 9.17) is 0 Å². The molecule has 1 aromatic rings. The average Bonchev–Trinajstić information content (AvgIpc) is 2.39. The SMILES string of the molecule is CCCCCC(NCC)C(C)(C)c1ccccc1. The van der Waals surface area contributed by atoms with Crippen molar-refractivity contribution in [1.82, 2.24) is 5.32 Å². The second-order valence-corrected chi connectivity index (χ2v) is 5.69. The van der Waals surface area contributed by atoms with Gasteiger partial charge in [0.15, 0.2) is 0 Å². The first-order valence-electron chi connectivity index (χ1n) is 7.41. The second-order valence-electron chi connectivity index (χ2n) is 5.69. The maximum atomic E-state index is 3.68. The van der Waals surface area contributed by atoms with Gasteiger partial charge in [0.2, 0.25) is 0 Å². The van der Waals surface area contributed by atoms with Gasteiger partial charge in [0.05, 0.1) is 0 Å². The van der Waals surface area contributed by atoms with Gasteiger partial charge in [-0.2, -0.15) is 0 Å². The molecule has 1 unspecified atom stereocenters. The Morgan fingerprint density at radius 2 is 1.72 bits per heavy atom. The minimum absolute atomic E-state index is 0.199. The molecule has 0 saturated heterocycles. The zero-order valence-electron chi connectivity index (χ0n) is 12.5. The molecule has 1 nitrogen and oxygen atoms in total. The van der Waals surface area contributed by atoms with Crippen LogP contribution in [0.1, 0.15) is 58.9 Å². The number of rotatable bonds is 8. The summed E-state index contributed by atoms with van der Waals surface area (Å²) < 4.78 is 0. The van der Waals surface area contributed by atoms with E-state index in [2.05, 4.69) is 63.3 Å². The van der Waals surface area contributed by atoms with E-state index in [1.54, 1.807) is 0 Å². The van der Waals surface area contributed by atoms with Crippen molar-refractivity contribution in [3.05, 3.63) is 35.9 Å². The number of likely N-dealkylation sites (N-methyl/N-ethyl adjacent to an activating group) is 1. The minimum atomic E-state index is 0.199. The van der Waals surface area contributed by atoms with Crippen LogP contribution in [-0.4, -0.2) is 12.6 Å². The molecule has 1 aromatic carbocycles. The van der Waals surface area contributed by atoms with Gasteiger partial charge in [-0.3, -0.25) is 0 Å². The average molecular weight is 247 g/mol. The van der Waals surface area contributed by atoms with Crippen LogP contribution in [0.5, 0.6) is 0 Å². The molecule has 0 bridgehead atoms. The smallest absolute Gasteiger partial charge is 0.0159 e. The van der Waals surface area contributed by atoms with Crippen LogP contribution in [0.3, 0.4) is 0 Å². The Morgan fingerprint density at radius 3 is 2.28 bits per heavy atom. The van der Waals surface area contributed by atoms with Gasteiger partial charge in [0, 0.05) is 11.5 Å². The van der Waals surface area contributed by atoms with E-state index in [0.717, 1.165) is 6.54 Å². The van der Waals surface area contributed by atoms with Gasteiger partial charge in [-0.25, -0.2) is 0 Å². The zero-order valence-corrected chi connectivity index (χ0v) is 12.5. The summed E-state index contributed by atoms with van der Waals surface area (Å²) in [7, 11) is 0. The van der Waals surface area contributed by atoms with Gasteiger partial charge < -0.3 is 5.32 Å². The Balaban J connectivity index is 2.76. The molecule has 0 saturated carbocycles. The molecule has 0 radical (unpaired) electrons. The van der Waals surface area contributed by atoms with Crippen molar-refractivity contribution < 1.29 is 0 Å². The number of hydrogen-bond acceptors (Lipinski definition) is 1. The van der Waals surface area contributed by atoms with Crippen LogP contribution >= 0.6 is 0 Å².